The van der Waals surface area contributed by atoms with Crippen LogP contribution < -0.4 is 0 Å². The molecule has 5 heteroatoms. The minimum absolute atomic E-state index is 0.156. The number of rotatable bonds is 2. The van der Waals surface area contributed by atoms with Gasteiger partial charge >= 0.3 is 0 Å². The maximum atomic E-state index is 11.8. The van der Waals surface area contributed by atoms with E-state index in [1.165, 1.54) is 5.56 Å². The Morgan fingerprint density at radius 1 is 1.27 bits per heavy atom. The number of benzene rings is 1. The number of carbonyl (C=O) groups excluding carboxylic acids is 1. The summed E-state index contributed by atoms with van der Waals surface area (Å²) in [6.07, 6.45) is 2.13. The van der Waals surface area contributed by atoms with Crippen molar-refractivity contribution in [2.75, 3.05) is 26.2 Å². The third-order valence-electron chi connectivity index (χ3n) is 5.07. The van der Waals surface area contributed by atoms with Gasteiger partial charge < -0.3 is 10.0 Å². The van der Waals surface area contributed by atoms with Gasteiger partial charge in [-0.3, -0.25) is 9.69 Å². The van der Waals surface area contributed by atoms with E-state index in [9.17, 15) is 9.90 Å². The molecule has 0 spiro atoms. The smallest absolute Gasteiger partial charge is 0.219 e. The molecule has 1 N–H and O–H groups in total. The third-order valence-corrected chi connectivity index (χ3v) is 5.60. The van der Waals surface area contributed by atoms with Crippen molar-refractivity contribution in [2.24, 2.45) is 0 Å². The van der Waals surface area contributed by atoms with Gasteiger partial charge in [0.25, 0.3) is 0 Å². The van der Waals surface area contributed by atoms with Crippen LogP contribution in [0, 0.1) is 0 Å². The molecule has 0 aromatic heterocycles. The monoisotopic (exact) mass is 366 g/mol. The van der Waals surface area contributed by atoms with Crippen LogP contribution >= 0.6 is 15.9 Å². The number of fused-ring (bicyclic) bond motifs is 1. The largest absolute Gasteiger partial charge is 0.395 e. The van der Waals surface area contributed by atoms with Crippen LogP contribution in [-0.4, -0.2) is 59.1 Å². The normalized spacial score (nSPS) is 29.2. The lowest BCUT2D eigenvalue weighted by Gasteiger charge is -2.57. The summed E-state index contributed by atoms with van der Waals surface area (Å²) < 4.78 is 1.07. The first kappa shape index (κ1) is 16.0. The number of amides is 1. The van der Waals surface area contributed by atoms with E-state index in [0.29, 0.717) is 12.0 Å². The van der Waals surface area contributed by atoms with E-state index in [0.717, 1.165) is 36.9 Å². The molecule has 0 bridgehead atoms. The second-order valence-corrected chi connectivity index (χ2v) is 7.22. The number of hydrogen-bond donors (Lipinski definition) is 1. The zero-order valence-corrected chi connectivity index (χ0v) is 14.5. The van der Waals surface area contributed by atoms with Crippen molar-refractivity contribution in [3.63, 3.8) is 0 Å². The Morgan fingerprint density at radius 3 is 2.59 bits per heavy atom. The number of halogens is 1. The number of aliphatic hydroxyl groups is 1. The zero-order valence-electron chi connectivity index (χ0n) is 12.9. The average molecular weight is 367 g/mol. The van der Waals surface area contributed by atoms with Crippen LogP contribution in [0.2, 0.25) is 0 Å². The Morgan fingerprint density at radius 2 is 1.95 bits per heavy atom. The molecule has 2 heterocycles. The lowest BCUT2D eigenvalue weighted by atomic mass is 9.74. The van der Waals surface area contributed by atoms with E-state index in [1.807, 2.05) is 4.90 Å². The zero-order chi connectivity index (χ0) is 15.7. The number of hydrogen-bond acceptors (Lipinski definition) is 3. The van der Waals surface area contributed by atoms with Crippen molar-refractivity contribution >= 4 is 21.8 Å². The molecule has 2 saturated heterocycles. The molecule has 2 aliphatic heterocycles. The highest BCUT2D eigenvalue weighted by atomic mass is 79.9. The molecule has 1 aromatic carbocycles. The highest BCUT2D eigenvalue weighted by molar-refractivity contribution is 9.10. The number of carbonyl (C=O) groups is 1. The summed E-state index contributed by atoms with van der Waals surface area (Å²) in [6, 6.07) is 8.87. The predicted molar refractivity (Wildman–Crippen MR) is 89.7 cm³/mol. The number of nitrogens with zero attached hydrogens (tertiary/aromatic N) is 2. The molecule has 0 unspecified atom stereocenters. The minimum atomic E-state index is 0.156. The maximum Gasteiger partial charge on any atom is 0.219 e. The summed E-state index contributed by atoms with van der Waals surface area (Å²) in [6.45, 7) is 4.48. The Balaban J connectivity index is 1.84. The van der Waals surface area contributed by atoms with E-state index < -0.39 is 0 Å². The second-order valence-electron chi connectivity index (χ2n) is 6.30. The van der Waals surface area contributed by atoms with Gasteiger partial charge in [0.1, 0.15) is 0 Å². The van der Waals surface area contributed by atoms with Crippen LogP contribution in [0.3, 0.4) is 0 Å². The van der Waals surface area contributed by atoms with Gasteiger partial charge in [-0.2, -0.15) is 0 Å². The van der Waals surface area contributed by atoms with Crippen molar-refractivity contribution < 1.29 is 9.90 Å². The molecule has 4 nitrogen and oxygen atoms in total. The Hall–Kier alpha value is -0.910. The topological polar surface area (TPSA) is 43.8 Å². The fraction of sp³-hybridized carbons (Fsp3) is 0.588. The molecule has 0 aliphatic carbocycles. The predicted octanol–water partition coefficient (Wildman–Crippen LogP) is 2.22. The molecule has 120 valence electrons. The van der Waals surface area contributed by atoms with E-state index >= 15 is 0 Å². The molecule has 3 rings (SSSR count). The van der Waals surface area contributed by atoms with Crippen LogP contribution in [0.1, 0.15) is 31.2 Å². The van der Waals surface area contributed by atoms with Gasteiger partial charge in [-0.1, -0.05) is 28.1 Å². The van der Waals surface area contributed by atoms with Crippen molar-refractivity contribution in [3.05, 3.63) is 34.3 Å². The molecule has 3 atom stereocenters. The molecule has 1 aromatic rings. The van der Waals surface area contributed by atoms with E-state index in [1.54, 1.807) is 6.92 Å². The van der Waals surface area contributed by atoms with E-state index in [4.69, 9.17) is 0 Å². The van der Waals surface area contributed by atoms with Crippen molar-refractivity contribution in [3.8, 4) is 0 Å². The summed E-state index contributed by atoms with van der Waals surface area (Å²) in [7, 11) is 0. The Labute approximate surface area is 140 Å². The average Bonchev–Trinajstić information content (AvgIpc) is 2.47. The number of aliphatic hydroxyl groups excluding tert-OH is 1. The fourth-order valence-electron chi connectivity index (χ4n) is 3.91. The molecule has 22 heavy (non-hydrogen) atoms. The third kappa shape index (κ3) is 2.94. The van der Waals surface area contributed by atoms with Crippen molar-refractivity contribution in [2.45, 2.75) is 37.8 Å². The van der Waals surface area contributed by atoms with Crippen LogP contribution in [-0.2, 0) is 4.79 Å². The van der Waals surface area contributed by atoms with Crippen LogP contribution in [0.4, 0.5) is 0 Å². The van der Waals surface area contributed by atoms with Crippen molar-refractivity contribution in [1.29, 1.82) is 0 Å². The summed E-state index contributed by atoms with van der Waals surface area (Å²) >= 11 is 3.47. The van der Waals surface area contributed by atoms with Gasteiger partial charge in [-0.05, 0) is 37.1 Å². The molecule has 2 aliphatic rings. The quantitative estimate of drug-likeness (QED) is 0.872. The van der Waals surface area contributed by atoms with Crippen LogP contribution in [0.5, 0.6) is 0 Å². The lowest BCUT2D eigenvalue weighted by molar-refractivity contribution is -0.134. The first-order chi connectivity index (χ1) is 10.6. The molecule has 2 fully saturated rings. The van der Waals surface area contributed by atoms with Crippen LogP contribution in [0.15, 0.2) is 28.7 Å². The van der Waals surface area contributed by atoms with Crippen molar-refractivity contribution in [1.82, 2.24) is 9.80 Å². The van der Waals surface area contributed by atoms with E-state index in [-0.39, 0.29) is 18.6 Å². The van der Waals surface area contributed by atoms with Gasteiger partial charge in [-0.15, -0.1) is 0 Å². The second kappa shape index (κ2) is 6.69. The van der Waals surface area contributed by atoms with Crippen LogP contribution in [0.25, 0.3) is 0 Å². The highest BCUT2D eigenvalue weighted by Gasteiger charge is 2.49. The van der Waals surface area contributed by atoms with Gasteiger partial charge in [-0.25, -0.2) is 0 Å². The first-order valence-corrected chi connectivity index (χ1v) is 8.78. The summed E-state index contributed by atoms with van der Waals surface area (Å²) in [5, 5.41) is 9.82. The Kier molecular flexibility index (Phi) is 4.85. The standard InChI is InChI=1S/C17H23BrN2O2/c1-12(22)19-8-2-3-9-20-15(10-19)17(16(20)11-21)13-4-6-14(18)7-5-13/h4-7,15-17,21H,2-3,8-11H2,1H3/t15-,16-,17-/m0/s1. The molecule has 0 radical (unpaired) electrons. The summed E-state index contributed by atoms with van der Waals surface area (Å²) in [4.78, 5) is 16.2. The SMILES string of the molecule is CC(=O)N1CCCCN2[C@@H](CO)[C@@H](c3ccc(Br)cc3)[C@@H]2C1. The summed E-state index contributed by atoms with van der Waals surface area (Å²) in [5.74, 6) is 0.460. The Bertz CT molecular complexity index is 534. The molecule has 1 amide bonds. The maximum absolute atomic E-state index is 11.8. The molecule has 0 saturated carbocycles. The fourth-order valence-corrected chi connectivity index (χ4v) is 4.18. The molecular weight excluding hydrogens is 344 g/mol. The van der Waals surface area contributed by atoms with Gasteiger partial charge in [0, 0.05) is 42.5 Å². The minimum Gasteiger partial charge on any atom is -0.395 e. The van der Waals surface area contributed by atoms with Gasteiger partial charge in [0.05, 0.1) is 6.61 Å². The van der Waals surface area contributed by atoms with Gasteiger partial charge in [0.15, 0.2) is 0 Å². The summed E-state index contributed by atoms with van der Waals surface area (Å²) in [5.41, 5.74) is 1.26. The lowest BCUT2D eigenvalue weighted by Crippen LogP contribution is -2.67. The first-order valence-electron chi connectivity index (χ1n) is 7.99. The highest BCUT2D eigenvalue weighted by Crippen LogP contribution is 2.42. The van der Waals surface area contributed by atoms with E-state index in [2.05, 4.69) is 45.1 Å². The van der Waals surface area contributed by atoms with Gasteiger partial charge in [0.2, 0.25) is 5.91 Å². The molecular formula is C17H23BrN2O2.